The standard InChI is InChI=1S/C11H5Cl2F2N/c12-6-1-3-9(14)8(5-6)7-2-4-10(13)16-11(7)15/h1-5H. The minimum atomic E-state index is -0.825. The van der Waals surface area contributed by atoms with E-state index in [1.807, 2.05) is 0 Å². The van der Waals surface area contributed by atoms with Crippen molar-refractivity contribution in [3.8, 4) is 11.1 Å². The van der Waals surface area contributed by atoms with Crippen LogP contribution in [0.2, 0.25) is 10.2 Å². The van der Waals surface area contributed by atoms with Gasteiger partial charge in [0.15, 0.2) is 0 Å². The molecule has 82 valence electrons. The highest BCUT2D eigenvalue weighted by Gasteiger charge is 2.12. The van der Waals surface area contributed by atoms with Crippen molar-refractivity contribution in [2.24, 2.45) is 0 Å². The predicted molar refractivity (Wildman–Crippen MR) is 59.6 cm³/mol. The first-order valence-electron chi connectivity index (χ1n) is 4.35. The molecule has 0 saturated heterocycles. The summed E-state index contributed by atoms with van der Waals surface area (Å²) in [5, 5.41) is 0.342. The van der Waals surface area contributed by atoms with Crippen LogP contribution in [0.15, 0.2) is 30.3 Å². The Hall–Kier alpha value is -1.19. The number of aromatic nitrogens is 1. The van der Waals surface area contributed by atoms with Crippen LogP contribution in [0.5, 0.6) is 0 Å². The third-order valence-electron chi connectivity index (χ3n) is 2.03. The molecule has 0 spiro atoms. The van der Waals surface area contributed by atoms with Gasteiger partial charge in [0.25, 0.3) is 0 Å². The lowest BCUT2D eigenvalue weighted by atomic mass is 10.1. The second kappa shape index (κ2) is 4.36. The molecule has 1 heterocycles. The van der Waals surface area contributed by atoms with Gasteiger partial charge in [-0.3, -0.25) is 0 Å². The molecule has 2 aromatic rings. The average molecular weight is 260 g/mol. The maximum absolute atomic E-state index is 13.4. The summed E-state index contributed by atoms with van der Waals surface area (Å²) in [4.78, 5) is 3.41. The Labute approximate surface area is 101 Å². The van der Waals surface area contributed by atoms with Crippen LogP contribution in [0, 0.1) is 11.8 Å². The monoisotopic (exact) mass is 259 g/mol. The smallest absolute Gasteiger partial charge is 0.207 e. The lowest BCUT2D eigenvalue weighted by Gasteiger charge is -2.05. The van der Waals surface area contributed by atoms with Crippen molar-refractivity contribution in [2.45, 2.75) is 0 Å². The minimum absolute atomic E-state index is 0.0173. The number of halogens is 4. The Balaban J connectivity index is 2.62. The lowest BCUT2D eigenvalue weighted by molar-refractivity contribution is 0.583. The highest BCUT2D eigenvalue weighted by Crippen LogP contribution is 2.28. The topological polar surface area (TPSA) is 12.9 Å². The summed E-state index contributed by atoms with van der Waals surface area (Å²) in [6, 6.07) is 6.65. The molecule has 1 aromatic carbocycles. The molecular weight excluding hydrogens is 255 g/mol. The van der Waals surface area contributed by atoms with Crippen molar-refractivity contribution in [3.05, 3.63) is 52.3 Å². The van der Waals surface area contributed by atoms with Crippen LogP contribution in [-0.2, 0) is 0 Å². The van der Waals surface area contributed by atoms with E-state index in [4.69, 9.17) is 23.2 Å². The molecule has 0 radical (unpaired) electrons. The molecule has 0 fully saturated rings. The molecule has 0 atom stereocenters. The van der Waals surface area contributed by atoms with E-state index in [0.29, 0.717) is 5.02 Å². The van der Waals surface area contributed by atoms with Crippen molar-refractivity contribution < 1.29 is 8.78 Å². The fourth-order valence-corrected chi connectivity index (χ4v) is 1.63. The van der Waals surface area contributed by atoms with E-state index in [1.165, 1.54) is 30.3 Å². The molecule has 2 rings (SSSR count). The van der Waals surface area contributed by atoms with Crippen LogP contribution in [0.4, 0.5) is 8.78 Å². The van der Waals surface area contributed by atoms with Crippen LogP contribution >= 0.6 is 23.2 Å². The van der Waals surface area contributed by atoms with Crippen molar-refractivity contribution in [1.29, 1.82) is 0 Å². The number of rotatable bonds is 1. The average Bonchev–Trinajstić information content (AvgIpc) is 2.22. The molecule has 0 aliphatic heterocycles. The first-order valence-corrected chi connectivity index (χ1v) is 5.11. The fraction of sp³-hybridized carbons (Fsp3) is 0. The molecule has 0 aliphatic rings. The van der Waals surface area contributed by atoms with Gasteiger partial charge in [-0.05, 0) is 30.3 Å². The third-order valence-corrected chi connectivity index (χ3v) is 2.48. The Kier molecular flexibility index (Phi) is 3.08. The van der Waals surface area contributed by atoms with Gasteiger partial charge in [-0.1, -0.05) is 23.2 Å². The van der Waals surface area contributed by atoms with Gasteiger partial charge in [0.05, 0.1) is 0 Å². The summed E-state index contributed by atoms with van der Waals surface area (Å²) in [7, 11) is 0. The number of pyridine rings is 1. The fourth-order valence-electron chi connectivity index (χ4n) is 1.32. The summed E-state index contributed by atoms with van der Waals surface area (Å²) in [6.45, 7) is 0. The molecule has 1 nitrogen and oxygen atoms in total. The van der Waals surface area contributed by atoms with Crippen molar-refractivity contribution in [1.82, 2.24) is 4.98 Å². The molecule has 0 unspecified atom stereocenters. The van der Waals surface area contributed by atoms with E-state index in [2.05, 4.69) is 4.98 Å². The van der Waals surface area contributed by atoms with E-state index in [9.17, 15) is 8.78 Å². The van der Waals surface area contributed by atoms with Crippen LogP contribution < -0.4 is 0 Å². The molecule has 0 bridgehead atoms. The SMILES string of the molecule is Fc1ccc(Cl)cc1-c1ccc(Cl)nc1F. The van der Waals surface area contributed by atoms with E-state index in [0.717, 1.165) is 0 Å². The van der Waals surface area contributed by atoms with Gasteiger partial charge in [-0.15, -0.1) is 0 Å². The van der Waals surface area contributed by atoms with Gasteiger partial charge in [0.2, 0.25) is 5.95 Å². The zero-order valence-corrected chi connectivity index (χ0v) is 9.36. The number of benzene rings is 1. The Bertz CT molecular complexity index is 544. The Morgan fingerprint density at radius 1 is 0.938 bits per heavy atom. The Morgan fingerprint density at radius 2 is 1.69 bits per heavy atom. The van der Waals surface area contributed by atoms with E-state index in [1.54, 1.807) is 0 Å². The highest BCUT2D eigenvalue weighted by molar-refractivity contribution is 6.31. The van der Waals surface area contributed by atoms with E-state index in [-0.39, 0.29) is 16.3 Å². The first-order chi connectivity index (χ1) is 7.58. The second-order valence-electron chi connectivity index (χ2n) is 3.10. The first kappa shape index (κ1) is 11.3. The molecule has 16 heavy (non-hydrogen) atoms. The van der Waals surface area contributed by atoms with Crippen LogP contribution in [-0.4, -0.2) is 4.98 Å². The zero-order chi connectivity index (χ0) is 11.7. The maximum atomic E-state index is 13.4. The third kappa shape index (κ3) is 2.15. The molecular formula is C11H5Cl2F2N. The summed E-state index contributed by atoms with van der Waals surface area (Å²) in [5.41, 5.74) is 0.0959. The summed E-state index contributed by atoms with van der Waals surface area (Å²) in [6.07, 6.45) is 0. The summed E-state index contributed by atoms with van der Waals surface area (Å²) < 4.78 is 26.9. The van der Waals surface area contributed by atoms with Gasteiger partial charge in [-0.25, -0.2) is 9.37 Å². The molecule has 0 saturated carbocycles. The van der Waals surface area contributed by atoms with Crippen LogP contribution in [0.1, 0.15) is 0 Å². The van der Waals surface area contributed by atoms with Crippen LogP contribution in [0.25, 0.3) is 11.1 Å². The largest absolute Gasteiger partial charge is 0.222 e. The van der Waals surface area contributed by atoms with Gasteiger partial charge in [-0.2, -0.15) is 4.39 Å². The summed E-state index contributed by atoms with van der Waals surface area (Å²) >= 11 is 11.2. The van der Waals surface area contributed by atoms with Gasteiger partial charge >= 0.3 is 0 Å². The maximum Gasteiger partial charge on any atom is 0.222 e. The zero-order valence-electron chi connectivity index (χ0n) is 7.85. The van der Waals surface area contributed by atoms with Crippen molar-refractivity contribution >= 4 is 23.2 Å². The van der Waals surface area contributed by atoms with Crippen molar-refractivity contribution in [2.75, 3.05) is 0 Å². The number of hydrogen-bond donors (Lipinski definition) is 0. The quantitative estimate of drug-likeness (QED) is 0.695. The van der Waals surface area contributed by atoms with Gasteiger partial charge < -0.3 is 0 Å². The predicted octanol–water partition coefficient (Wildman–Crippen LogP) is 4.33. The lowest BCUT2D eigenvalue weighted by Crippen LogP contribution is -1.92. The highest BCUT2D eigenvalue weighted by atomic mass is 35.5. The molecule has 5 heteroatoms. The van der Waals surface area contributed by atoms with Gasteiger partial charge in [0.1, 0.15) is 11.0 Å². The van der Waals surface area contributed by atoms with Crippen LogP contribution in [0.3, 0.4) is 0 Å². The van der Waals surface area contributed by atoms with E-state index < -0.39 is 11.8 Å². The molecule has 0 N–H and O–H groups in total. The second-order valence-corrected chi connectivity index (χ2v) is 3.92. The minimum Gasteiger partial charge on any atom is -0.207 e. The normalized spacial score (nSPS) is 10.5. The molecule has 0 amide bonds. The summed E-state index contributed by atoms with van der Waals surface area (Å²) in [5.74, 6) is -1.39. The Morgan fingerprint density at radius 3 is 2.38 bits per heavy atom. The molecule has 0 aliphatic carbocycles. The number of hydrogen-bond acceptors (Lipinski definition) is 1. The van der Waals surface area contributed by atoms with E-state index >= 15 is 0 Å². The van der Waals surface area contributed by atoms with Gasteiger partial charge in [0, 0.05) is 16.1 Å². The van der Waals surface area contributed by atoms with Crippen molar-refractivity contribution in [3.63, 3.8) is 0 Å². The molecule has 1 aromatic heterocycles. The number of nitrogens with zero attached hydrogens (tertiary/aromatic N) is 1.